The molecule has 0 fully saturated rings. The van der Waals surface area contributed by atoms with Crippen molar-refractivity contribution in [1.82, 2.24) is 14.4 Å². The fraction of sp³-hybridized carbons (Fsp3) is 0. The molecule has 0 saturated heterocycles. The number of aromatic nitrogens is 3. The first kappa shape index (κ1) is 8.83. The SMILES string of the molecule is O=c1ccnc2c(Br)nc(Br)cn12. The van der Waals surface area contributed by atoms with Crippen molar-refractivity contribution in [3.05, 3.63) is 38.0 Å². The predicted molar refractivity (Wildman–Crippen MR) is 54.7 cm³/mol. The second kappa shape index (κ2) is 3.19. The number of nitrogens with zero attached hydrogens (tertiary/aromatic N) is 3. The van der Waals surface area contributed by atoms with Crippen LogP contribution >= 0.6 is 31.9 Å². The van der Waals surface area contributed by atoms with E-state index in [1.807, 2.05) is 0 Å². The van der Waals surface area contributed by atoms with Gasteiger partial charge in [-0.05, 0) is 31.9 Å². The van der Waals surface area contributed by atoms with Crippen LogP contribution in [-0.4, -0.2) is 14.4 Å². The maximum absolute atomic E-state index is 11.3. The highest BCUT2D eigenvalue weighted by Crippen LogP contribution is 2.15. The minimum Gasteiger partial charge on any atom is -0.269 e. The molecule has 6 heteroatoms. The highest BCUT2D eigenvalue weighted by molar-refractivity contribution is 9.11. The van der Waals surface area contributed by atoms with Crippen LogP contribution in [0.25, 0.3) is 5.65 Å². The average Bonchev–Trinajstić information content (AvgIpc) is 2.07. The number of hydrogen-bond donors (Lipinski definition) is 0. The molecule has 0 amide bonds. The van der Waals surface area contributed by atoms with Crippen molar-refractivity contribution in [3.8, 4) is 0 Å². The first-order valence-corrected chi connectivity index (χ1v) is 4.96. The third-order valence-electron chi connectivity index (χ3n) is 1.50. The zero-order valence-corrected chi connectivity index (χ0v) is 9.41. The monoisotopic (exact) mass is 303 g/mol. The van der Waals surface area contributed by atoms with Crippen LogP contribution in [0.1, 0.15) is 0 Å². The molecular formula is C7H3Br2N3O. The molecule has 66 valence electrons. The lowest BCUT2D eigenvalue weighted by atomic mass is 10.6. The van der Waals surface area contributed by atoms with E-state index in [2.05, 4.69) is 41.8 Å². The van der Waals surface area contributed by atoms with Crippen molar-refractivity contribution < 1.29 is 0 Å². The molecular weight excluding hydrogens is 302 g/mol. The second-order valence-corrected chi connectivity index (χ2v) is 3.89. The third kappa shape index (κ3) is 1.51. The van der Waals surface area contributed by atoms with E-state index < -0.39 is 0 Å². The number of hydrogen-bond acceptors (Lipinski definition) is 3. The van der Waals surface area contributed by atoms with Gasteiger partial charge in [0.2, 0.25) is 0 Å². The highest BCUT2D eigenvalue weighted by atomic mass is 79.9. The van der Waals surface area contributed by atoms with Crippen molar-refractivity contribution in [2.75, 3.05) is 0 Å². The maximum Gasteiger partial charge on any atom is 0.257 e. The fourth-order valence-corrected chi connectivity index (χ4v) is 2.08. The van der Waals surface area contributed by atoms with Gasteiger partial charge in [-0.25, -0.2) is 9.97 Å². The van der Waals surface area contributed by atoms with Crippen LogP contribution in [0, 0.1) is 0 Å². The lowest BCUT2D eigenvalue weighted by Crippen LogP contribution is -2.13. The molecule has 0 radical (unpaired) electrons. The second-order valence-electron chi connectivity index (χ2n) is 2.33. The molecule has 13 heavy (non-hydrogen) atoms. The van der Waals surface area contributed by atoms with Crippen LogP contribution in [0.15, 0.2) is 32.5 Å². The molecule has 2 aromatic rings. The summed E-state index contributed by atoms with van der Waals surface area (Å²) >= 11 is 6.41. The zero-order valence-electron chi connectivity index (χ0n) is 6.24. The van der Waals surface area contributed by atoms with Gasteiger partial charge in [0.25, 0.3) is 5.56 Å². The van der Waals surface area contributed by atoms with E-state index in [9.17, 15) is 4.79 Å². The summed E-state index contributed by atoms with van der Waals surface area (Å²) in [5.41, 5.74) is 0.379. The van der Waals surface area contributed by atoms with Crippen LogP contribution in [-0.2, 0) is 0 Å². The Bertz CT molecular complexity index is 523. The Morgan fingerprint density at radius 3 is 2.92 bits per heavy atom. The summed E-state index contributed by atoms with van der Waals surface area (Å²) in [5.74, 6) is 0. The van der Waals surface area contributed by atoms with Crippen LogP contribution in [0.5, 0.6) is 0 Å². The summed E-state index contributed by atoms with van der Waals surface area (Å²) in [6.07, 6.45) is 3.04. The van der Waals surface area contributed by atoms with E-state index in [-0.39, 0.29) is 5.56 Å². The summed E-state index contributed by atoms with van der Waals surface area (Å²) in [6, 6.07) is 1.39. The molecule has 0 aliphatic carbocycles. The molecule has 2 heterocycles. The standard InChI is InChI=1S/C7H3Br2N3O/c8-4-3-12-5(13)1-2-10-7(12)6(9)11-4/h1-3H. The smallest absolute Gasteiger partial charge is 0.257 e. The van der Waals surface area contributed by atoms with Crippen molar-refractivity contribution in [2.24, 2.45) is 0 Å². The zero-order chi connectivity index (χ0) is 9.42. The summed E-state index contributed by atoms with van der Waals surface area (Å²) in [4.78, 5) is 19.4. The van der Waals surface area contributed by atoms with Crippen LogP contribution < -0.4 is 5.56 Å². The Balaban J connectivity index is 3.03. The molecule has 0 bridgehead atoms. The van der Waals surface area contributed by atoms with E-state index in [1.54, 1.807) is 6.20 Å². The van der Waals surface area contributed by atoms with E-state index in [1.165, 1.54) is 16.7 Å². The van der Waals surface area contributed by atoms with Gasteiger partial charge in [-0.15, -0.1) is 0 Å². The molecule has 4 nitrogen and oxygen atoms in total. The van der Waals surface area contributed by atoms with Crippen molar-refractivity contribution >= 4 is 37.5 Å². The van der Waals surface area contributed by atoms with Gasteiger partial charge >= 0.3 is 0 Å². The molecule has 2 aromatic heterocycles. The summed E-state index contributed by atoms with van der Waals surface area (Å²) in [5, 5.41) is 0. The molecule has 0 N–H and O–H groups in total. The Morgan fingerprint density at radius 1 is 1.38 bits per heavy atom. The minimum atomic E-state index is -0.131. The van der Waals surface area contributed by atoms with E-state index in [0.717, 1.165) is 0 Å². The van der Waals surface area contributed by atoms with Gasteiger partial charge < -0.3 is 0 Å². The lowest BCUT2D eigenvalue weighted by molar-refractivity contribution is 0.989. The van der Waals surface area contributed by atoms with Gasteiger partial charge in [-0.3, -0.25) is 9.20 Å². The normalized spacial score (nSPS) is 10.6. The first-order chi connectivity index (χ1) is 6.18. The van der Waals surface area contributed by atoms with Gasteiger partial charge in [-0.2, -0.15) is 0 Å². The lowest BCUT2D eigenvalue weighted by Gasteiger charge is -2.00. The third-order valence-corrected chi connectivity index (χ3v) is 2.42. The van der Waals surface area contributed by atoms with Gasteiger partial charge in [-0.1, -0.05) is 0 Å². The van der Waals surface area contributed by atoms with Crippen molar-refractivity contribution in [2.45, 2.75) is 0 Å². The molecule has 0 atom stereocenters. The van der Waals surface area contributed by atoms with Gasteiger partial charge in [0.05, 0.1) is 0 Å². The molecule has 2 rings (SSSR count). The molecule has 0 unspecified atom stereocenters. The van der Waals surface area contributed by atoms with Crippen LogP contribution in [0.2, 0.25) is 0 Å². The minimum absolute atomic E-state index is 0.131. The number of fused-ring (bicyclic) bond motifs is 1. The maximum atomic E-state index is 11.3. The molecule has 0 aliphatic heterocycles. The summed E-state index contributed by atoms with van der Waals surface area (Å²) in [6.45, 7) is 0. The number of halogens is 2. The largest absolute Gasteiger partial charge is 0.269 e. The van der Waals surface area contributed by atoms with Crippen LogP contribution in [0.3, 0.4) is 0 Å². The summed E-state index contributed by atoms with van der Waals surface area (Å²) < 4.78 is 2.54. The van der Waals surface area contributed by atoms with Gasteiger partial charge in [0.15, 0.2) is 10.3 Å². The van der Waals surface area contributed by atoms with E-state index in [4.69, 9.17) is 0 Å². The van der Waals surface area contributed by atoms with Gasteiger partial charge in [0.1, 0.15) is 4.60 Å². The predicted octanol–water partition coefficient (Wildman–Crippen LogP) is 1.61. The number of rotatable bonds is 0. The molecule has 0 saturated carbocycles. The highest BCUT2D eigenvalue weighted by Gasteiger charge is 2.03. The Labute approximate surface area is 89.9 Å². The van der Waals surface area contributed by atoms with Crippen LogP contribution in [0.4, 0.5) is 0 Å². The Hall–Kier alpha value is -0.750. The Morgan fingerprint density at radius 2 is 2.15 bits per heavy atom. The topological polar surface area (TPSA) is 47.3 Å². The fourth-order valence-electron chi connectivity index (χ4n) is 0.975. The molecule has 0 spiro atoms. The van der Waals surface area contributed by atoms with Gasteiger partial charge in [0, 0.05) is 18.5 Å². The summed E-state index contributed by atoms with van der Waals surface area (Å²) in [7, 11) is 0. The average molecular weight is 305 g/mol. The molecule has 0 aromatic carbocycles. The Kier molecular flexibility index (Phi) is 2.17. The van der Waals surface area contributed by atoms with E-state index >= 15 is 0 Å². The quantitative estimate of drug-likeness (QED) is 0.743. The molecule has 0 aliphatic rings. The van der Waals surface area contributed by atoms with Crippen molar-refractivity contribution in [3.63, 3.8) is 0 Å². The van der Waals surface area contributed by atoms with Crippen molar-refractivity contribution in [1.29, 1.82) is 0 Å². The van der Waals surface area contributed by atoms with E-state index in [0.29, 0.717) is 14.9 Å². The first-order valence-electron chi connectivity index (χ1n) is 3.38.